The van der Waals surface area contributed by atoms with Crippen LogP contribution < -0.4 is 0 Å². The fraction of sp³-hybridized carbons (Fsp3) is 0.737. The molecule has 0 bridgehead atoms. The van der Waals surface area contributed by atoms with Gasteiger partial charge >= 0.3 is 0 Å². The van der Waals surface area contributed by atoms with Crippen LogP contribution in [-0.4, -0.2) is 17.5 Å². The summed E-state index contributed by atoms with van der Waals surface area (Å²) < 4.78 is 0. The van der Waals surface area contributed by atoms with Gasteiger partial charge in [-0.3, -0.25) is 4.79 Å². The number of rotatable bonds is 1. The number of fused-ring (bicyclic) bond motifs is 5. The van der Waals surface area contributed by atoms with Crippen LogP contribution in [-0.2, 0) is 4.79 Å². The van der Waals surface area contributed by atoms with Crippen LogP contribution in [0.5, 0.6) is 0 Å². The van der Waals surface area contributed by atoms with Gasteiger partial charge < -0.3 is 5.11 Å². The zero-order chi connectivity index (χ0) is 14.8. The summed E-state index contributed by atoms with van der Waals surface area (Å²) in [6.45, 7) is 4.65. The maximum atomic E-state index is 11.9. The van der Waals surface area contributed by atoms with Crippen molar-refractivity contribution in [3.05, 3.63) is 23.3 Å². The molecule has 4 aliphatic rings. The summed E-state index contributed by atoms with van der Waals surface area (Å²) in [6, 6.07) is 0. The fourth-order valence-corrected chi connectivity index (χ4v) is 6.30. The minimum Gasteiger partial charge on any atom is -0.393 e. The number of allylic oxidation sites excluding steroid dienone is 4. The summed E-state index contributed by atoms with van der Waals surface area (Å²) >= 11 is 0. The summed E-state index contributed by atoms with van der Waals surface area (Å²) in [6.07, 6.45) is 12.1. The molecule has 21 heavy (non-hydrogen) atoms. The Hall–Kier alpha value is -0.890. The zero-order valence-electron chi connectivity index (χ0n) is 13.1. The van der Waals surface area contributed by atoms with E-state index in [1.807, 2.05) is 0 Å². The minimum atomic E-state index is -0.174. The number of carbonyl (C=O) groups is 1. The number of aliphatic hydroxyl groups excluding tert-OH is 1. The zero-order valence-corrected chi connectivity index (χ0v) is 13.1. The smallest absolute Gasteiger partial charge is 0.146 e. The molecule has 6 atom stereocenters. The lowest BCUT2D eigenvalue weighted by atomic mass is 9.55. The molecule has 0 unspecified atom stereocenters. The molecule has 2 saturated carbocycles. The minimum absolute atomic E-state index is 0.0313. The molecular formula is C19H26O2. The van der Waals surface area contributed by atoms with E-state index in [9.17, 15) is 9.90 Å². The van der Waals surface area contributed by atoms with Crippen molar-refractivity contribution in [3.63, 3.8) is 0 Å². The average Bonchev–Trinajstić information content (AvgIpc) is 2.91. The average molecular weight is 286 g/mol. The summed E-state index contributed by atoms with van der Waals surface area (Å²) in [5.41, 5.74) is 2.63. The van der Waals surface area contributed by atoms with Crippen LogP contribution in [0.1, 0.15) is 52.4 Å². The van der Waals surface area contributed by atoms with Crippen LogP contribution in [0.4, 0.5) is 0 Å². The van der Waals surface area contributed by atoms with Gasteiger partial charge in [-0.05, 0) is 78.3 Å². The molecule has 0 aromatic carbocycles. The highest BCUT2D eigenvalue weighted by atomic mass is 16.3. The predicted octanol–water partition coefficient (Wildman–Crippen LogP) is 3.66. The molecule has 0 spiro atoms. The van der Waals surface area contributed by atoms with Crippen molar-refractivity contribution in [1.29, 1.82) is 0 Å². The van der Waals surface area contributed by atoms with Gasteiger partial charge in [0.05, 0.1) is 6.10 Å². The lowest BCUT2D eigenvalue weighted by Gasteiger charge is -2.49. The molecule has 0 saturated heterocycles. The molecule has 2 heteroatoms. The maximum absolute atomic E-state index is 11.9. The van der Waals surface area contributed by atoms with Crippen molar-refractivity contribution < 1.29 is 9.90 Å². The first-order valence-corrected chi connectivity index (χ1v) is 8.57. The van der Waals surface area contributed by atoms with E-state index in [1.54, 1.807) is 0 Å². The second-order valence-corrected chi connectivity index (χ2v) is 8.22. The summed E-state index contributed by atoms with van der Waals surface area (Å²) in [5.74, 6) is 1.50. The third-order valence-corrected chi connectivity index (χ3v) is 7.57. The van der Waals surface area contributed by atoms with Crippen LogP contribution in [0, 0.1) is 28.6 Å². The molecule has 2 nitrogen and oxygen atoms in total. The first-order chi connectivity index (χ1) is 10.0. The first-order valence-electron chi connectivity index (χ1n) is 8.57. The van der Waals surface area contributed by atoms with Gasteiger partial charge in [0.1, 0.15) is 6.29 Å². The number of hydrogen-bond donors (Lipinski definition) is 1. The molecule has 0 heterocycles. The summed E-state index contributed by atoms with van der Waals surface area (Å²) in [7, 11) is 0. The largest absolute Gasteiger partial charge is 0.393 e. The highest BCUT2D eigenvalue weighted by Crippen LogP contribution is 2.67. The van der Waals surface area contributed by atoms with Crippen molar-refractivity contribution in [3.8, 4) is 0 Å². The van der Waals surface area contributed by atoms with Gasteiger partial charge in [0, 0.05) is 0 Å². The van der Waals surface area contributed by atoms with E-state index in [1.165, 1.54) is 18.4 Å². The molecule has 0 aliphatic heterocycles. The van der Waals surface area contributed by atoms with Gasteiger partial charge in [0.2, 0.25) is 0 Å². The van der Waals surface area contributed by atoms with Gasteiger partial charge in [-0.1, -0.05) is 26.0 Å². The molecule has 2 fully saturated rings. The molecule has 1 N–H and O–H groups in total. The Labute approximate surface area is 127 Å². The fourth-order valence-electron chi connectivity index (χ4n) is 6.30. The standard InChI is InChI=1S/C19H26O2/c1-18-9-4-3-5-13(18)12(11-20)17-14-6-7-16(21)19(14,2)10-8-15(17)18/h3,5,11,14-17,21H,4,6-10H2,1-2H3/t14-,15+,16-,17+,18-,19+/m0/s1. The number of carbonyl (C=O) groups excluding carboxylic acids is 1. The lowest BCUT2D eigenvalue weighted by molar-refractivity contribution is -0.106. The van der Waals surface area contributed by atoms with Crippen molar-refractivity contribution in [1.82, 2.24) is 0 Å². The van der Waals surface area contributed by atoms with E-state index < -0.39 is 0 Å². The highest BCUT2D eigenvalue weighted by Gasteiger charge is 2.61. The highest BCUT2D eigenvalue weighted by molar-refractivity contribution is 5.79. The Morgan fingerprint density at radius 2 is 2.00 bits per heavy atom. The van der Waals surface area contributed by atoms with E-state index >= 15 is 0 Å². The Kier molecular flexibility index (Phi) is 2.83. The van der Waals surface area contributed by atoms with Crippen LogP contribution >= 0.6 is 0 Å². The lowest BCUT2D eigenvalue weighted by Crippen LogP contribution is -2.45. The van der Waals surface area contributed by atoms with Crippen LogP contribution in [0.25, 0.3) is 0 Å². The third-order valence-electron chi connectivity index (χ3n) is 7.57. The first kappa shape index (κ1) is 13.8. The molecule has 114 valence electrons. The van der Waals surface area contributed by atoms with E-state index in [0.717, 1.165) is 37.5 Å². The van der Waals surface area contributed by atoms with E-state index in [0.29, 0.717) is 17.8 Å². The molecule has 0 aromatic heterocycles. The van der Waals surface area contributed by atoms with Crippen LogP contribution in [0.15, 0.2) is 23.3 Å². The Morgan fingerprint density at radius 3 is 2.76 bits per heavy atom. The van der Waals surface area contributed by atoms with E-state index in [4.69, 9.17) is 0 Å². The van der Waals surface area contributed by atoms with Gasteiger partial charge in [-0.25, -0.2) is 0 Å². The topological polar surface area (TPSA) is 37.3 Å². The third kappa shape index (κ3) is 1.55. The second-order valence-electron chi connectivity index (χ2n) is 8.22. The van der Waals surface area contributed by atoms with Crippen molar-refractivity contribution >= 4 is 6.29 Å². The Morgan fingerprint density at radius 1 is 1.19 bits per heavy atom. The molecule has 0 aromatic rings. The normalized spacial score (nSPS) is 51.6. The number of hydrogen-bond acceptors (Lipinski definition) is 2. The number of aldehydes is 1. The van der Waals surface area contributed by atoms with Gasteiger partial charge in [0.15, 0.2) is 0 Å². The van der Waals surface area contributed by atoms with Crippen molar-refractivity contribution in [2.75, 3.05) is 0 Å². The molecule has 0 radical (unpaired) electrons. The van der Waals surface area contributed by atoms with E-state index in [-0.39, 0.29) is 16.9 Å². The molecule has 4 aliphatic carbocycles. The van der Waals surface area contributed by atoms with Gasteiger partial charge in [0.25, 0.3) is 0 Å². The Balaban J connectivity index is 1.84. The summed E-state index contributed by atoms with van der Waals surface area (Å²) in [5, 5.41) is 10.5. The monoisotopic (exact) mass is 286 g/mol. The summed E-state index contributed by atoms with van der Waals surface area (Å²) in [4.78, 5) is 11.9. The number of aliphatic hydroxyl groups is 1. The second kappa shape index (κ2) is 4.32. The Bertz CT molecular complexity index is 546. The van der Waals surface area contributed by atoms with Gasteiger partial charge in [-0.2, -0.15) is 0 Å². The SMILES string of the molecule is C[C@@]12CC[C@@H]3[C@H](C(C=O)=C4C=CCC[C@@]43C)[C@@H]1CC[C@@H]2O. The van der Waals surface area contributed by atoms with Crippen molar-refractivity contribution in [2.45, 2.75) is 58.5 Å². The quantitative estimate of drug-likeness (QED) is 0.747. The molecule has 0 amide bonds. The molecule has 4 rings (SSSR count). The van der Waals surface area contributed by atoms with Crippen LogP contribution in [0.2, 0.25) is 0 Å². The molecular weight excluding hydrogens is 260 g/mol. The van der Waals surface area contributed by atoms with Gasteiger partial charge in [-0.15, -0.1) is 0 Å². The maximum Gasteiger partial charge on any atom is 0.146 e. The van der Waals surface area contributed by atoms with Crippen molar-refractivity contribution in [2.24, 2.45) is 28.6 Å². The van der Waals surface area contributed by atoms with Crippen LogP contribution in [0.3, 0.4) is 0 Å². The van der Waals surface area contributed by atoms with E-state index in [2.05, 4.69) is 26.0 Å². The predicted molar refractivity (Wildman–Crippen MR) is 82.6 cm³/mol.